The smallest absolute Gasteiger partial charge is 0.226 e. The molecule has 0 aliphatic rings. The summed E-state index contributed by atoms with van der Waals surface area (Å²) in [5, 5.41) is 20.5. The summed E-state index contributed by atoms with van der Waals surface area (Å²) < 4.78 is 6.60. The molecular weight excluding hydrogens is 370 g/mol. The van der Waals surface area contributed by atoms with Crippen molar-refractivity contribution in [2.45, 2.75) is 39.0 Å². The lowest BCUT2D eigenvalue weighted by Gasteiger charge is -2.04. The second-order valence-electron chi connectivity index (χ2n) is 6.61. The number of para-hydroxylation sites is 1. The van der Waals surface area contributed by atoms with E-state index in [1.54, 1.807) is 11.6 Å². The number of nitrogen functional groups attached to an aromatic ring is 1. The predicted molar refractivity (Wildman–Crippen MR) is 106 cm³/mol. The van der Waals surface area contributed by atoms with Crippen LogP contribution in [-0.2, 0) is 17.6 Å². The van der Waals surface area contributed by atoms with Crippen molar-refractivity contribution in [1.29, 1.82) is 5.26 Å². The highest BCUT2D eigenvalue weighted by Crippen LogP contribution is 2.21. The van der Waals surface area contributed by atoms with E-state index in [1.807, 2.05) is 30.3 Å². The molecule has 1 amide bonds. The third-order valence-electron chi connectivity index (χ3n) is 4.38. The Kier molecular flexibility index (Phi) is 6.58. The van der Waals surface area contributed by atoms with E-state index >= 15 is 0 Å². The van der Waals surface area contributed by atoms with E-state index in [4.69, 9.17) is 10.3 Å². The molecule has 3 N–H and O–H groups in total. The summed E-state index contributed by atoms with van der Waals surface area (Å²) in [6, 6.07) is 11.6. The molecule has 150 valence electrons. The Labute approximate surface area is 168 Å². The molecule has 0 saturated heterocycles. The Bertz CT molecular complexity index is 1000. The molecule has 0 aliphatic carbocycles. The zero-order valence-corrected chi connectivity index (χ0v) is 16.3. The summed E-state index contributed by atoms with van der Waals surface area (Å²) in [4.78, 5) is 16.1. The van der Waals surface area contributed by atoms with E-state index < -0.39 is 0 Å². The van der Waals surface area contributed by atoms with Crippen LogP contribution < -0.4 is 11.1 Å². The van der Waals surface area contributed by atoms with E-state index in [9.17, 15) is 10.1 Å². The van der Waals surface area contributed by atoms with Crippen LogP contribution in [-0.4, -0.2) is 32.4 Å². The first kappa shape index (κ1) is 20.1. The standard InChI is InChI=1S/C20H23N7O2/c1-14-24-19(29-26-14)11-5-10-18(28)23-12-6-9-17-16(13-21)20(22)27(25-17)15-7-3-2-4-8-15/h2-4,7-8H,5-6,9-12,22H2,1H3,(H,23,28). The van der Waals surface area contributed by atoms with Gasteiger partial charge < -0.3 is 15.6 Å². The van der Waals surface area contributed by atoms with E-state index in [2.05, 4.69) is 26.6 Å². The number of hydrogen-bond acceptors (Lipinski definition) is 7. The molecule has 0 fully saturated rings. The lowest BCUT2D eigenvalue weighted by molar-refractivity contribution is -0.121. The number of nitrogens with one attached hydrogen (secondary N) is 1. The highest BCUT2D eigenvalue weighted by atomic mass is 16.5. The van der Waals surface area contributed by atoms with Crippen molar-refractivity contribution in [2.75, 3.05) is 12.3 Å². The molecule has 1 aromatic carbocycles. The number of hydrogen-bond donors (Lipinski definition) is 2. The molecule has 0 aliphatic heterocycles. The van der Waals surface area contributed by atoms with Gasteiger partial charge in [0.25, 0.3) is 0 Å². The van der Waals surface area contributed by atoms with Gasteiger partial charge in [-0.2, -0.15) is 15.3 Å². The van der Waals surface area contributed by atoms with E-state index in [1.165, 1.54) is 0 Å². The lowest BCUT2D eigenvalue weighted by atomic mass is 10.1. The highest BCUT2D eigenvalue weighted by molar-refractivity contribution is 5.75. The highest BCUT2D eigenvalue weighted by Gasteiger charge is 2.16. The van der Waals surface area contributed by atoms with Gasteiger partial charge in [-0.3, -0.25) is 4.79 Å². The first-order valence-corrected chi connectivity index (χ1v) is 9.47. The number of nitrogens with two attached hydrogens (primary N) is 1. The fourth-order valence-corrected chi connectivity index (χ4v) is 2.95. The maximum absolute atomic E-state index is 11.9. The molecule has 2 aromatic heterocycles. The maximum atomic E-state index is 11.9. The van der Waals surface area contributed by atoms with Gasteiger partial charge in [-0.1, -0.05) is 23.4 Å². The van der Waals surface area contributed by atoms with Gasteiger partial charge in [-0.25, -0.2) is 4.68 Å². The topological polar surface area (TPSA) is 136 Å². The van der Waals surface area contributed by atoms with Crippen LogP contribution in [0.15, 0.2) is 34.9 Å². The van der Waals surface area contributed by atoms with Crippen LogP contribution in [0.25, 0.3) is 5.69 Å². The van der Waals surface area contributed by atoms with Crippen molar-refractivity contribution in [3.63, 3.8) is 0 Å². The van der Waals surface area contributed by atoms with Crippen LogP contribution >= 0.6 is 0 Å². The van der Waals surface area contributed by atoms with E-state index in [0.29, 0.717) is 67.4 Å². The number of nitriles is 1. The summed E-state index contributed by atoms with van der Waals surface area (Å²) in [7, 11) is 0. The third kappa shape index (κ3) is 5.19. The first-order chi connectivity index (χ1) is 14.1. The predicted octanol–water partition coefficient (Wildman–Crippen LogP) is 2.09. The van der Waals surface area contributed by atoms with Crippen LogP contribution in [0.2, 0.25) is 0 Å². The second-order valence-corrected chi connectivity index (χ2v) is 6.61. The number of carbonyl (C=O) groups is 1. The fourth-order valence-electron chi connectivity index (χ4n) is 2.95. The number of benzene rings is 1. The minimum Gasteiger partial charge on any atom is -0.382 e. The van der Waals surface area contributed by atoms with Gasteiger partial charge in [-0.05, 0) is 38.3 Å². The Morgan fingerprint density at radius 2 is 2.07 bits per heavy atom. The number of amides is 1. The molecule has 9 nitrogen and oxygen atoms in total. The molecule has 9 heteroatoms. The van der Waals surface area contributed by atoms with Gasteiger partial charge in [0.15, 0.2) is 5.82 Å². The van der Waals surface area contributed by atoms with Gasteiger partial charge in [-0.15, -0.1) is 0 Å². The van der Waals surface area contributed by atoms with Crippen LogP contribution in [0.3, 0.4) is 0 Å². The lowest BCUT2D eigenvalue weighted by Crippen LogP contribution is -2.24. The minimum absolute atomic E-state index is 0.0314. The molecule has 0 atom stereocenters. The molecule has 0 spiro atoms. The summed E-state index contributed by atoms with van der Waals surface area (Å²) >= 11 is 0. The van der Waals surface area contributed by atoms with E-state index in [0.717, 1.165) is 5.69 Å². The Morgan fingerprint density at radius 1 is 1.28 bits per heavy atom. The number of carbonyl (C=O) groups excluding carboxylic acids is 1. The number of nitrogens with zero attached hydrogens (tertiary/aromatic N) is 5. The average Bonchev–Trinajstić information content (AvgIpc) is 3.28. The quantitative estimate of drug-likeness (QED) is 0.531. The molecule has 0 radical (unpaired) electrons. The summed E-state index contributed by atoms with van der Waals surface area (Å²) in [5.41, 5.74) is 7.92. The van der Waals surface area contributed by atoms with Crippen molar-refractivity contribution in [3.05, 3.63) is 53.3 Å². The van der Waals surface area contributed by atoms with Crippen molar-refractivity contribution in [2.24, 2.45) is 0 Å². The summed E-state index contributed by atoms with van der Waals surface area (Å²) in [6.07, 6.45) is 2.82. The van der Waals surface area contributed by atoms with Crippen molar-refractivity contribution < 1.29 is 9.32 Å². The number of rotatable bonds is 9. The molecule has 29 heavy (non-hydrogen) atoms. The molecule has 3 rings (SSSR count). The van der Waals surface area contributed by atoms with Crippen molar-refractivity contribution >= 4 is 11.7 Å². The minimum atomic E-state index is -0.0314. The molecule has 0 bridgehead atoms. The average molecular weight is 393 g/mol. The first-order valence-electron chi connectivity index (χ1n) is 9.47. The Morgan fingerprint density at radius 3 is 2.76 bits per heavy atom. The maximum Gasteiger partial charge on any atom is 0.226 e. The van der Waals surface area contributed by atoms with Gasteiger partial charge in [0.2, 0.25) is 11.8 Å². The van der Waals surface area contributed by atoms with Gasteiger partial charge in [0.05, 0.1) is 11.4 Å². The molecule has 2 heterocycles. The number of aromatic nitrogens is 4. The zero-order chi connectivity index (χ0) is 20.6. The van der Waals surface area contributed by atoms with Crippen LogP contribution in [0.5, 0.6) is 0 Å². The second kappa shape index (κ2) is 9.50. The summed E-state index contributed by atoms with van der Waals surface area (Å²) in [6.45, 7) is 2.26. The molecular formula is C20H23N7O2. The summed E-state index contributed by atoms with van der Waals surface area (Å²) in [5.74, 6) is 1.44. The normalized spacial score (nSPS) is 10.6. The zero-order valence-electron chi connectivity index (χ0n) is 16.3. The van der Waals surface area contributed by atoms with Crippen LogP contribution in [0.4, 0.5) is 5.82 Å². The van der Waals surface area contributed by atoms with Crippen LogP contribution in [0, 0.1) is 18.3 Å². The third-order valence-corrected chi connectivity index (χ3v) is 4.38. The SMILES string of the molecule is Cc1noc(CCCC(=O)NCCCc2nn(-c3ccccc3)c(N)c2C#N)n1. The number of anilines is 1. The van der Waals surface area contributed by atoms with Crippen molar-refractivity contribution in [1.82, 2.24) is 25.2 Å². The van der Waals surface area contributed by atoms with Crippen LogP contribution in [0.1, 0.15) is 42.2 Å². The Hall–Kier alpha value is -3.67. The largest absolute Gasteiger partial charge is 0.382 e. The van der Waals surface area contributed by atoms with Crippen molar-refractivity contribution in [3.8, 4) is 11.8 Å². The van der Waals surface area contributed by atoms with E-state index in [-0.39, 0.29) is 5.91 Å². The molecule has 3 aromatic rings. The van der Waals surface area contributed by atoms with Gasteiger partial charge >= 0.3 is 0 Å². The van der Waals surface area contributed by atoms with Gasteiger partial charge in [0, 0.05) is 19.4 Å². The molecule has 0 unspecified atom stereocenters. The molecule has 0 saturated carbocycles. The Balaban J connectivity index is 1.45. The fraction of sp³-hybridized carbons (Fsp3) is 0.350. The number of aryl methyl sites for hydroxylation is 3. The van der Waals surface area contributed by atoms with Gasteiger partial charge in [0.1, 0.15) is 17.5 Å². The monoisotopic (exact) mass is 393 g/mol.